The Morgan fingerprint density at radius 1 is 1.26 bits per heavy atom. The van der Waals surface area contributed by atoms with E-state index in [0.717, 1.165) is 24.4 Å². The first-order chi connectivity index (χ1) is 9.22. The standard InChI is InChI=1S/C15H24N2O2/c1-19-15-7-13(16)6-14(8-15)17-9-11-4-2-3-5-12(11)10-18/h6-8,11-12,17-18H,2-5,9-10,16H2,1H3. The number of aliphatic hydroxyl groups is 1. The Balaban J connectivity index is 1.95. The third kappa shape index (κ3) is 3.77. The summed E-state index contributed by atoms with van der Waals surface area (Å²) in [6.07, 6.45) is 4.84. The van der Waals surface area contributed by atoms with Gasteiger partial charge in [-0.2, -0.15) is 0 Å². The molecule has 0 saturated heterocycles. The molecule has 0 amide bonds. The molecule has 0 radical (unpaired) electrons. The number of anilines is 2. The fourth-order valence-corrected chi connectivity index (χ4v) is 2.88. The summed E-state index contributed by atoms with van der Waals surface area (Å²) in [5.74, 6) is 1.75. The van der Waals surface area contributed by atoms with Crippen LogP contribution in [0.2, 0.25) is 0 Å². The van der Waals surface area contributed by atoms with Crippen molar-refractivity contribution in [2.24, 2.45) is 11.8 Å². The number of benzene rings is 1. The lowest BCUT2D eigenvalue weighted by molar-refractivity contribution is 0.141. The summed E-state index contributed by atoms with van der Waals surface area (Å²) in [6.45, 7) is 1.18. The highest BCUT2D eigenvalue weighted by atomic mass is 16.5. The minimum absolute atomic E-state index is 0.298. The fourth-order valence-electron chi connectivity index (χ4n) is 2.88. The van der Waals surface area contributed by atoms with Gasteiger partial charge < -0.3 is 20.9 Å². The van der Waals surface area contributed by atoms with E-state index in [2.05, 4.69) is 5.32 Å². The molecule has 2 atom stereocenters. The van der Waals surface area contributed by atoms with Crippen molar-refractivity contribution in [2.45, 2.75) is 25.7 Å². The van der Waals surface area contributed by atoms with E-state index >= 15 is 0 Å². The van der Waals surface area contributed by atoms with Gasteiger partial charge in [0.05, 0.1) is 7.11 Å². The third-order valence-electron chi connectivity index (χ3n) is 4.03. The van der Waals surface area contributed by atoms with Crippen LogP contribution >= 0.6 is 0 Å². The Bertz CT molecular complexity index is 409. The molecule has 106 valence electrons. The van der Waals surface area contributed by atoms with E-state index in [0.29, 0.717) is 24.1 Å². The Hall–Kier alpha value is -1.42. The van der Waals surface area contributed by atoms with E-state index in [1.807, 2.05) is 18.2 Å². The van der Waals surface area contributed by atoms with Gasteiger partial charge in [0.1, 0.15) is 5.75 Å². The van der Waals surface area contributed by atoms with Gasteiger partial charge in [-0.05, 0) is 30.7 Å². The Kier molecular flexibility index (Phi) is 4.91. The summed E-state index contributed by atoms with van der Waals surface area (Å²) in [4.78, 5) is 0. The first-order valence-corrected chi connectivity index (χ1v) is 7.02. The van der Waals surface area contributed by atoms with Crippen LogP contribution < -0.4 is 15.8 Å². The van der Waals surface area contributed by atoms with Crippen LogP contribution in [0.5, 0.6) is 5.75 Å². The number of methoxy groups -OCH3 is 1. The Morgan fingerprint density at radius 3 is 2.68 bits per heavy atom. The number of aliphatic hydroxyl groups excluding tert-OH is 1. The maximum absolute atomic E-state index is 9.42. The quantitative estimate of drug-likeness (QED) is 0.715. The van der Waals surface area contributed by atoms with Gasteiger partial charge in [-0.1, -0.05) is 12.8 Å². The molecular formula is C15H24N2O2. The molecule has 0 heterocycles. The second kappa shape index (κ2) is 6.66. The largest absolute Gasteiger partial charge is 0.497 e. The molecule has 2 unspecified atom stereocenters. The van der Waals surface area contributed by atoms with Gasteiger partial charge in [0.2, 0.25) is 0 Å². The molecule has 0 spiro atoms. The average molecular weight is 264 g/mol. The van der Waals surface area contributed by atoms with E-state index in [1.54, 1.807) is 7.11 Å². The smallest absolute Gasteiger partial charge is 0.122 e. The molecule has 4 heteroatoms. The molecule has 0 aromatic heterocycles. The third-order valence-corrected chi connectivity index (χ3v) is 4.03. The van der Waals surface area contributed by atoms with Crippen molar-refractivity contribution in [3.05, 3.63) is 18.2 Å². The predicted molar refractivity (Wildman–Crippen MR) is 78.4 cm³/mol. The van der Waals surface area contributed by atoms with Crippen molar-refractivity contribution in [3.8, 4) is 5.75 Å². The Morgan fingerprint density at radius 2 is 2.00 bits per heavy atom. The van der Waals surface area contributed by atoms with Gasteiger partial charge in [0.25, 0.3) is 0 Å². The Labute approximate surface area is 115 Å². The number of hydrogen-bond acceptors (Lipinski definition) is 4. The predicted octanol–water partition coefficient (Wildman–Crippen LogP) is 2.49. The molecule has 1 fully saturated rings. The van der Waals surface area contributed by atoms with Crippen molar-refractivity contribution in [1.29, 1.82) is 0 Å². The molecule has 1 saturated carbocycles. The second-order valence-corrected chi connectivity index (χ2v) is 5.36. The van der Waals surface area contributed by atoms with Crippen LogP contribution in [0.15, 0.2) is 18.2 Å². The maximum atomic E-state index is 9.42. The number of hydrogen-bond donors (Lipinski definition) is 3. The zero-order chi connectivity index (χ0) is 13.7. The minimum atomic E-state index is 0.298. The van der Waals surface area contributed by atoms with Crippen molar-refractivity contribution in [1.82, 2.24) is 0 Å². The van der Waals surface area contributed by atoms with Crippen LogP contribution in [0, 0.1) is 11.8 Å². The monoisotopic (exact) mass is 264 g/mol. The summed E-state index contributed by atoms with van der Waals surface area (Å²) in [5, 5.41) is 12.8. The SMILES string of the molecule is COc1cc(N)cc(NCC2CCCCC2CO)c1. The van der Waals surface area contributed by atoms with Crippen LogP contribution in [0.25, 0.3) is 0 Å². The van der Waals surface area contributed by atoms with Crippen LogP contribution in [-0.4, -0.2) is 25.4 Å². The van der Waals surface area contributed by atoms with Crippen LogP contribution in [0.1, 0.15) is 25.7 Å². The highest BCUT2D eigenvalue weighted by Crippen LogP contribution is 2.30. The molecule has 1 aromatic carbocycles. The van der Waals surface area contributed by atoms with Crippen molar-refractivity contribution < 1.29 is 9.84 Å². The lowest BCUT2D eigenvalue weighted by atomic mass is 9.79. The topological polar surface area (TPSA) is 67.5 Å². The van der Waals surface area contributed by atoms with E-state index in [9.17, 15) is 5.11 Å². The minimum Gasteiger partial charge on any atom is -0.497 e. The summed E-state index contributed by atoms with van der Waals surface area (Å²) in [7, 11) is 1.64. The number of nitrogens with two attached hydrogens (primary N) is 1. The molecule has 19 heavy (non-hydrogen) atoms. The van der Waals surface area contributed by atoms with Crippen LogP contribution in [0.4, 0.5) is 11.4 Å². The molecule has 1 aromatic rings. The lowest BCUT2D eigenvalue weighted by Gasteiger charge is -2.30. The number of rotatable bonds is 5. The molecule has 4 N–H and O–H groups in total. The molecule has 4 nitrogen and oxygen atoms in total. The summed E-state index contributed by atoms with van der Waals surface area (Å²) < 4.78 is 5.21. The number of ether oxygens (including phenoxy) is 1. The van der Waals surface area contributed by atoms with Crippen molar-refractivity contribution >= 4 is 11.4 Å². The van der Waals surface area contributed by atoms with E-state index in [-0.39, 0.29) is 0 Å². The normalized spacial score (nSPS) is 23.1. The van der Waals surface area contributed by atoms with Gasteiger partial charge >= 0.3 is 0 Å². The maximum Gasteiger partial charge on any atom is 0.122 e. The lowest BCUT2D eigenvalue weighted by Crippen LogP contribution is -2.28. The van der Waals surface area contributed by atoms with E-state index in [4.69, 9.17) is 10.5 Å². The van der Waals surface area contributed by atoms with Gasteiger partial charge in [-0.25, -0.2) is 0 Å². The zero-order valence-electron chi connectivity index (χ0n) is 11.6. The number of nitrogens with one attached hydrogen (secondary N) is 1. The summed E-state index contributed by atoms with van der Waals surface area (Å²) in [6, 6.07) is 5.68. The molecular weight excluding hydrogens is 240 g/mol. The highest BCUT2D eigenvalue weighted by molar-refractivity contribution is 5.59. The van der Waals surface area contributed by atoms with Crippen molar-refractivity contribution in [2.75, 3.05) is 31.3 Å². The fraction of sp³-hybridized carbons (Fsp3) is 0.600. The summed E-state index contributed by atoms with van der Waals surface area (Å²) in [5.41, 5.74) is 7.52. The molecule has 0 aliphatic heterocycles. The molecule has 1 aliphatic rings. The molecule has 2 rings (SSSR count). The van der Waals surface area contributed by atoms with Crippen molar-refractivity contribution in [3.63, 3.8) is 0 Å². The van der Waals surface area contributed by atoms with Crippen LogP contribution in [0.3, 0.4) is 0 Å². The van der Waals surface area contributed by atoms with Gasteiger partial charge in [-0.15, -0.1) is 0 Å². The molecule has 0 bridgehead atoms. The number of nitrogen functional groups attached to an aromatic ring is 1. The second-order valence-electron chi connectivity index (χ2n) is 5.36. The van der Waals surface area contributed by atoms with Gasteiger partial charge in [0, 0.05) is 36.7 Å². The first kappa shape index (κ1) is 14.0. The van der Waals surface area contributed by atoms with Gasteiger partial charge in [0.15, 0.2) is 0 Å². The van der Waals surface area contributed by atoms with E-state index in [1.165, 1.54) is 19.3 Å². The summed E-state index contributed by atoms with van der Waals surface area (Å²) >= 11 is 0. The highest BCUT2D eigenvalue weighted by Gasteiger charge is 2.24. The van der Waals surface area contributed by atoms with E-state index < -0.39 is 0 Å². The zero-order valence-corrected chi connectivity index (χ0v) is 11.6. The molecule has 1 aliphatic carbocycles. The van der Waals surface area contributed by atoms with Gasteiger partial charge in [-0.3, -0.25) is 0 Å². The van der Waals surface area contributed by atoms with Crippen LogP contribution in [-0.2, 0) is 0 Å². The average Bonchev–Trinajstić information content (AvgIpc) is 2.44. The first-order valence-electron chi connectivity index (χ1n) is 7.02.